The van der Waals surface area contributed by atoms with Gasteiger partial charge < -0.3 is 10.0 Å². The van der Waals surface area contributed by atoms with Crippen LogP contribution in [0.5, 0.6) is 0 Å². The summed E-state index contributed by atoms with van der Waals surface area (Å²) in [5.74, 6) is -0.323. The van der Waals surface area contributed by atoms with Crippen LogP contribution >= 0.6 is 0 Å². The minimum absolute atomic E-state index is 0.0178. The van der Waals surface area contributed by atoms with Crippen molar-refractivity contribution in [2.75, 3.05) is 6.54 Å². The Labute approximate surface area is 200 Å². The molecule has 6 heteroatoms. The summed E-state index contributed by atoms with van der Waals surface area (Å²) in [6.45, 7) is 1.26. The van der Waals surface area contributed by atoms with Crippen LogP contribution in [-0.4, -0.2) is 34.2 Å². The molecule has 1 N–H and O–H groups in total. The van der Waals surface area contributed by atoms with Crippen LogP contribution in [0, 0.1) is 17.7 Å². The van der Waals surface area contributed by atoms with Gasteiger partial charge in [0.1, 0.15) is 11.6 Å². The SMILES string of the molecule is O=C(O)CC1CCC(CC(=O)N2CCc3cc(CC(=O)Cc4ccccc4F)ccc3C2)CC1. The lowest BCUT2D eigenvalue weighted by Gasteiger charge is -2.32. The molecular formula is C28H32FNO4. The number of nitrogens with zero attached hydrogens (tertiary/aromatic N) is 1. The van der Waals surface area contributed by atoms with Crippen molar-refractivity contribution < 1.29 is 23.9 Å². The number of halogens is 1. The number of ketones is 1. The molecule has 0 spiro atoms. The molecule has 2 aromatic carbocycles. The predicted octanol–water partition coefficient (Wildman–Crippen LogP) is 4.74. The van der Waals surface area contributed by atoms with E-state index in [4.69, 9.17) is 5.11 Å². The van der Waals surface area contributed by atoms with E-state index in [1.54, 1.807) is 18.2 Å². The van der Waals surface area contributed by atoms with Crippen molar-refractivity contribution in [1.82, 2.24) is 4.90 Å². The van der Waals surface area contributed by atoms with Gasteiger partial charge in [-0.15, -0.1) is 0 Å². The molecule has 1 saturated carbocycles. The molecule has 2 aliphatic rings. The molecule has 1 amide bonds. The number of Topliss-reactive ketones (excluding diaryl/α,β-unsaturated/α-hetero) is 1. The quantitative estimate of drug-likeness (QED) is 0.611. The van der Waals surface area contributed by atoms with Crippen LogP contribution < -0.4 is 0 Å². The number of carbonyl (C=O) groups is 3. The third-order valence-electron chi connectivity index (χ3n) is 7.28. The van der Waals surface area contributed by atoms with Gasteiger partial charge in [-0.25, -0.2) is 4.39 Å². The Balaban J connectivity index is 1.28. The van der Waals surface area contributed by atoms with Gasteiger partial charge in [-0.05, 0) is 72.3 Å². The molecule has 1 aliphatic heterocycles. The Morgan fingerprint density at radius 3 is 2.32 bits per heavy atom. The number of hydrogen-bond donors (Lipinski definition) is 1. The second kappa shape index (κ2) is 10.9. The van der Waals surface area contributed by atoms with Gasteiger partial charge in [-0.3, -0.25) is 14.4 Å². The Morgan fingerprint density at radius 2 is 1.62 bits per heavy atom. The number of rotatable bonds is 8. The van der Waals surface area contributed by atoms with Crippen LogP contribution in [-0.2, 0) is 40.2 Å². The van der Waals surface area contributed by atoms with Crippen LogP contribution in [0.1, 0.15) is 60.8 Å². The van der Waals surface area contributed by atoms with E-state index < -0.39 is 5.97 Å². The van der Waals surface area contributed by atoms with Crippen molar-refractivity contribution >= 4 is 17.7 Å². The monoisotopic (exact) mass is 465 g/mol. The van der Waals surface area contributed by atoms with E-state index in [2.05, 4.69) is 6.07 Å². The van der Waals surface area contributed by atoms with E-state index in [1.807, 2.05) is 17.0 Å². The fraction of sp³-hybridized carbons (Fsp3) is 0.464. The molecule has 0 bridgehead atoms. The Hall–Kier alpha value is -3.02. The van der Waals surface area contributed by atoms with E-state index in [0.29, 0.717) is 31.0 Å². The summed E-state index contributed by atoms with van der Waals surface area (Å²) in [6, 6.07) is 12.4. The number of carbonyl (C=O) groups excluding carboxylic acids is 2. The highest BCUT2D eigenvalue weighted by atomic mass is 19.1. The first-order valence-corrected chi connectivity index (χ1v) is 12.2. The molecule has 1 heterocycles. The summed E-state index contributed by atoms with van der Waals surface area (Å²) in [6.07, 6.45) is 5.55. The van der Waals surface area contributed by atoms with Crippen molar-refractivity contribution in [3.63, 3.8) is 0 Å². The summed E-state index contributed by atoms with van der Waals surface area (Å²) >= 11 is 0. The summed E-state index contributed by atoms with van der Waals surface area (Å²) in [4.78, 5) is 38.2. The van der Waals surface area contributed by atoms with Gasteiger partial charge in [-0.2, -0.15) is 0 Å². The van der Waals surface area contributed by atoms with Gasteiger partial charge in [0.25, 0.3) is 0 Å². The highest BCUT2D eigenvalue weighted by molar-refractivity contribution is 5.83. The van der Waals surface area contributed by atoms with Gasteiger partial charge in [0.2, 0.25) is 5.91 Å². The number of benzene rings is 2. The van der Waals surface area contributed by atoms with Crippen molar-refractivity contribution in [2.45, 2.75) is 64.3 Å². The summed E-state index contributed by atoms with van der Waals surface area (Å²) in [7, 11) is 0. The summed E-state index contributed by atoms with van der Waals surface area (Å²) in [5, 5.41) is 8.97. The van der Waals surface area contributed by atoms with Gasteiger partial charge in [0.05, 0.1) is 0 Å². The summed E-state index contributed by atoms with van der Waals surface area (Å²) in [5.41, 5.74) is 3.65. The normalized spacial score (nSPS) is 20.0. The second-order valence-electron chi connectivity index (χ2n) is 9.84. The molecule has 0 saturated heterocycles. The zero-order valence-electron chi connectivity index (χ0n) is 19.5. The zero-order valence-corrected chi connectivity index (χ0v) is 19.5. The lowest BCUT2D eigenvalue weighted by Crippen LogP contribution is -2.37. The standard InChI is InChI=1S/C28H32FNO4/c29-26-4-2-1-3-23(26)17-25(31)14-21-9-10-24-18-30(12-11-22(24)13-21)27(32)15-19-5-7-20(8-6-19)16-28(33)34/h1-4,9-10,13,19-20H,5-8,11-12,14-18H2,(H,33,34). The van der Waals surface area contributed by atoms with E-state index in [0.717, 1.165) is 43.2 Å². The average Bonchev–Trinajstić information content (AvgIpc) is 2.81. The van der Waals surface area contributed by atoms with Crippen molar-refractivity contribution in [3.05, 3.63) is 70.5 Å². The molecule has 34 heavy (non-hydrogen) atoms. The van der Waals surface area contributed by atoms with Crippen LogP contribution in [0.4, 0.5) is 4.39 Å². The molecule has 180 valence electrons. The van der Waals surface area contributed by atoms with E-state index >= 15 is 0 Å². The number of carboxylic acid groups (broad SMARTS) is 1. The fourth-order valence-electron chi connectivity index (χ4n) is 5.34. The molecule has 0 aromatic heterocycles. The molecule has 2 aromatic rings. The Morgan fingerprint density at radius 1 is 0.912 bits per heavy atom. The molecule has 5 nitrogen and oxygen atoms in total. The second-order valence-corrected chi connectivity index (χ2v) is 9.84. The number of carboxylic acids is 1. The Kier molecular flexibility index (Phi) is 7.76. The van der Waals surface area contributed by atoms with Gasteiger partial charge in [0.15, 0.2) is 0 Å². The van der Waals surface area contributed by atoms with Gasteiger partial charge in [-0.1, -0.05) is 36.4 Å². The first-order valence-electron chi connectivity index (χ1n) is 12.2. The molecular weight excluding hydrogens is 433 g/mol. The third-order valence-corrected chi connectivity index (χ3v) is 7.28. The van der Waals surface area contributed by atoms with E-state index in [-0.39, 0.29) is 42.7 Å². The smallest absolute Gasteiger partial charge is 0.303 e. The highest BCUT2D eigenvalue weighted by Crippen LogP contribution is 2.33. The number of amides is 1. The average molecular weight is 466 g/mol. The number of aliphatic carboxylic acids is 1. The molecule has 0 unspecified atom stereocenters. The molecule has 4 rings (SSSR count). The topological polar surface area (TPSA) is 74.7 Å². The molecule has 0 radical (unpaired) electrons. The largest absolute Gasteiger partial charge is 0.481 e. The molecule has 1 aliphatic carbocycles. The van der Waals surface area contributed by atoms with Crippen LogP contribution in [0.3, 0.4) is 0 Å². The first-order chi connectivity index (χ1) is 16.4. The minimum Gasteiger partial charge on any atom is -0.481 e. The van der Waals surface area contributed by atoms with Gasteiger partial charge >= 0.3 is 5.97 Å². The lowest BCUT2D eigenvalue weighted by atomic mass is 9.79. The van der Waals surface area contributed by atoms with Crippen LogP contribution in [0.2, 0.25) is 0 Å². The van der Waals surface area contributed by atoms with Crippen molar-refractivity contribution in [1.29, 1.82) is 0 Å². The van der Waals surface area contributed by atoms with Crippen LogP contribution in [0.25, 0.3) is 0 Å². The van der Waals surface area contributed by atoms with E-state index in [1.165, 1.54) is 11.6 Å². The minimum atomic E-state index is -0.732. The summed E-state index contributed by atoms with van der Waals surface area (Å²) < 4.78 is 13.8. The van der Waals surface area contributed by atoms with Crippen LogP contribution in [0.15, 0.2) is 42.5 Å². The maximum Gasteiger partial charge on any atom is 0.303 e. The maximum absolute atomic E-state index is 13.8. The van der Waals surface area contributed by atoms with Crippen molar-refractivity contribution in [3.8, 4) is 0 Å². The number of hydrogen-bond acceptors (Lipinski definition) is 3. The maximum atomic E-state index is 13.8. The highest BCUT2D eigenvalue weighted by Gasteiger charge is 2.27. The zero-order chi connectivity index (χ0) is 24.1. The predicted molar refractivity (Wildman–Crippen MR) is 127 cm³/mol. The number of fused-ring (bicyclic) bond motifs is 1. The van der Waals surface area contributed by atoms with Crippen molar-refractivity contribution in [2.24, 2.45) is 11.8 Å². The lowest BCUT2D eigenvalue weighted by molar-refractivity contribution is -0.139. The fourth-order valence-corrected chi connectivity index (χ4v) is 5.34. The van der Waals surface area contributed by atoms with E-state index in [9.17, 15) is 18.8 Å². The third kappa shape index (κ3) is 6.31. The first kappa shape index (κ1) is 24.1. The molecule has 1 fully saturated rings. The van der Waals surface area contributed by atoms with Gasteiger partial charge in [0, 0.05) is 38.8 Å². The molecule has 0 atom stereocenters. The Bertz CT molecular complexity index is 1060.